The molecule has 0 saturated carbocycles. The van der Waals surface area contributed by atoms with Gasteiger partial charge in [-0.2, -0.15) is 0 Å². The average molecular weight is 308 g/mol. The lowest BCUT2D eigenvalue weighted by Crippen LogP contribution is -2.42. The number of nitrogens with one attached hydrogen (secondary N) is 2. The molecule has 2 N–H and O–H groups in total. The average Bonchev–Trinajstić information content (AvgIpc) is 2.82. The van der Waals surface area contributed by atoms with E-state index in [2.05, 4.69) is 34.6 Å². The minimum atomic E-state index is 0.446. The van der Waals surface area contributed by atoms with Gasteiger partial charge in [-0.25, -0.2) is 0 Å². The quantitative estimate of drug-likeness (QED) is 0.417. The summed E-state index contributed by atoms with van der Waals surface area (Å²) in [6.07, 6.45) is 7.29. The van der Waals surface area contributed by atoms with E-state index in [4.69, 9.17) is 4.52 Å². The van der Waals surface area contributed by atoms with Crippen molar-refractivity contribution in [3.63, 3.8) is 0 Å². The predicted molar refractivity (Wildman–Crippen MR) is 92.4 cm³/mol. The molecule has 0 aliphatic carbocycles. The van der Waals surface area contributed by atoms with Crippen LogP contribution >= 0.6 is 0 Å². The van der Waals surface area contributed by atoms with Gasteiger partial charge < -0.3 is 15.2 Å². The van der Waals surface area contributed by atoms with Crippen molar-refractivity contribution in [2.45, 2.75) is 72.3 Å². The Morgan fingerprint density at radius 1 is 1.27 bits per heavy atom. The number of guanidine groups is 1. The Hall–Kier alpha value is -1.52. The van der Waals surface area contributed by atoms with E-state index in [0.717, 1.165) is 30.4 Å². The fraction of sp³-hybridized carbons (Fsp3) is 0.765. The molecule has 1 unspecified atom stereocenters. The Morgan fingerprint density at radius 3 is 2.64 bits per heavy atom. The van der Waals surface area contributed by atoms with Gasteiger partial charge in [0.15, 0.2) is 5.96 Å². The SMILES string of the molecule is CCCCCCC(C)NC(=NC)NCCc1c(C)noc1C. The van der Waals surface area contributed by atoms with E-state index in [-0.39, 0.29) is 0 Å². The minimum absolute atomic E-state index is 0.446. The summed E-state index contributed by atoms with van der Waals surface area (Å²) in [5.41, 5.74) is 2.17. The maximum absolute atomic E-state index is 5.18. The van der Waals surface area contributed by atoms with Gasteiger partial charge in [0.05, 0.1) is 5.69 Å². The fourth-order valence-electron chi connectivity index (χ4n) is 2.54. The van der Waals surface area contributed by atoms with Crippen LogP contribution in [0.3, 0.4) is 0 Å². The third-order valence-electron chi connectivity index (χ3n) is 3.95. The van der Waals surface area contributed by atoms with Crippen molar-refractivity contribution in [1.82, 2.24) is 15.8 Å². The summed E-state index contributed by atoms with van der Waals surface area (Å²) in [6.45, 7) is 9.22. The topological polar surface area (TPSA) is 62.5 Å². The molecule has 0 fully saturated rings. The molecule has 0 aromatic carbocycles. The second-order valence-electron chi connectivity index (χ2n) is 5.95. The molecule has 0 aliphatic rings. The molecule has 0 saturated heterocycles. The first-order chi connectivity index (χ1) is 10.6. The molecule has 1 heterocycles. The summed E-state index contributed by atoms with van der Waals surface area (Å²) in [4.78, 5) is 4.29. The van der Waals surface area contributed by atoms with Gasteiger partial charge in [0.25, 0.3) is 0 Å². The molecule has 0 spiro atoms. The third-order valence-corrected chi connectivity index (χ3v) is 3.95. The van der Waals surface area contributed by atoms with Gasteiger partial charge in [-0.15, -0.1) is 0 Å². The highest BCUT2D eigenvalue weighted by Gasteiger charge is 2.09. The predicted octanol–water partition coefficient (Wildman–Crippen LogP) is 3.36. The third kappa shape index (κ3) is 6.50. The number of rotatable bonds is 9. The zero-order valence-corrected chi connectivity index (χ0v) is 14.8. The van der Waals surface area contributed by atoms with E-state index in [0.29, 0.717) is 6.04 Å². The Bertz CT molecular complexity index is 434. The minimum Gasteiger partial charge on any atom is -0.361 e. The first-order valence-electron chi connectivity index (χ1n) is 8.47. The monoisotopic (exact) mass is 308 g/mol. The highest BCUT2D eigenvalue weighted by atomic mass is 16.5. The number of hydrogen-bond donors (Lipinski definition) is 2. The van der Waals surface area contributed by atoms with Gasteiger partial charge in [0.2, 0.25) is 0 Å². The first kappa shape index (κ1) is 18.5. The summed E-state index contributed by atoms with van der Waals surface area (Å²) in [7, 11) is 1.81. The number of aromatic nitrogens is 1. The largest absolute Gasteiger partial charge is 0.361 e. The molecule has 1 atom stereocenters. The second kappa shape index (κ2) is 10.2. The molecule has 1 rings (SSSR count). The number of hydrogen-bond acceptors (Lipinski definition) is 3. The van der Waals surface area contributed by atoms with Crippen molar-refractivity contribution in [3.05, 3.63) is 17.0 Å². The summed E-state index contributed by atoms with van der Waals surface area (Å²) in [5.74, 6) is 1.78. The van der Waals surface area contributed by atoms with Crippen LogP contribution in [0.5, 0.6) is 0 Å². The molecule has 1 aromatic rings. The second-order valence-corrected chi connectivity index (χ2v) is 5.95. The van der Waals surface area contributed by atoms with Crippen LogP contribution in [0.2, 0.25) is 0 Å². The van der Waals surface area contributed by atoms with Gasteiger partial charge in [0.1, 0.15) is 5.76 Å². The Balaban J connectivity index is 2.27. The number of unbranched alkanes of at least 4 members (excludes halogenated alkanes) is 3. The van der Waals surface area contributed by atoms with E-state index in [1.165, 1.54) is 37.7 Å². The highest BCUT2D eigenvalue weighted by molar-refractivity contribution is 5.79. The van der Waals surface area contributed by atoms with Crippen molar-refractivity contribution < 1.29 is 4.52 Å². The van der Waals surface area contributed by atoms with E-state index in [9.17, 15) is 0 Å². The Morgan fingerprint density at radius 2 is 2.05 bits per heavy atom. The molecular weight excluding hydrogens is 276 g/mol. The molecule has 22 heavy (non-hydrogen) atoms. The van der Waals surface area contributed by atoms with Crippen LogP contribution in [0.4, 0.5) is 0 Å². The normalized spacial score (nSPS) is 13.2. The molecule has 5 heteroatoms. The van der Waals surface area contributed by atoms with Crippen molar-refractivity contribution in [2.75, 3.05) is 13.6 Å². The van der Waals surface area contributed by atoms with Crippen LogP contribution in [-0.4, -0.2) is 30.8 Å². The smallest absolute Gasteiger partial charge is 0.191 e. The lowest BCUT2D eigenvalue weighted by atomic mass is 10.1. The molecule has 1 aromatic heterocycles. The fourth-order valence-corrected chi connectivity index (χ4v) is 2.54. The lowest BCUT2D eigenvalue weighted by Gasteiger charge is -2.17. The van der Waals surface area contributed by atoms with Gasteiger partial charge in [-0.1, -0.05) is 37.8 Å². The van der Waals surface area contributed by atoms with Crippen LogP contribution in [0.25, 0.3) is 0 Å². The summed E-state index contributed by atoms with van der Waals surface area (Å²) >= 11 is 0. The number of nitrogens with zero attached hydrogens (tertiary/aromatic N) is 2. The van der Waals surface area contributed by atoms with Crippen molar-refractivity contribution in [3.8, 4) is 0 Å². The maximum Gasteiger partial charge on any atom is 0.191 e. The van der Waals surface area contributed by atoms with E-state index < -0.39 is 0 Å². The van der Waals surface area contributed by atoms with Crippen molar-refractivity contribution in [1.29, 1.82) is 0 Å². The molecular formula is C17H32N4O. The molecule has 0 amide bonds. The van der Waals surface area contributed by atoms with Gasteiger partial charge >= 0.3 is 0 Å². The van der Waals surface area contributed by atoms with Crippen molar-refractivity contribution >= 4 is 5.96 Å². The highest BCUT2D eigenvalue weighted by Crippen LogP contribution is 2.12. The van der Waals surface area contributed by atoms with E-state index >= 15 is 0 Å². The standard InChI is InChI=1S/C17H32N4O/c1-6-7-8-9-10-13(2)20-17(18-5)19-12-11-16-14(3)21-22-15(16)4/h13H,6-12H2,1-5H3,(H2,18,19,20). The van der Waals surface area contributed by atoms with Crippen LogP contribution in [0, 0.1) is 13.8 Å². The Labute approximate surface area is 135 Å². The van der Waals surface area contributed by atoms with E-state index in [1.54, 1.807) is 0 Å². The van der Waals surface area contributed by atoms with Gasteiger partial charge in [0, 0.05) is 25.2 Å². The molecule has 0 radical (unpaired) electrons. The summed E-state index contributed by atoms with van der Waals surface area (Å²) in [6, 6.07) is 0.446. The molecule has 0 aliphatic heterocycles. The van der Waals surface area contributed by atoms with Crippen LogP contribution in [0.15, 0.2) is 9.52 Å². The number of aryl methyl sites for hydroxylation is 2. The van der Waals surface area contributed by atoms with Crippen LogP contribution in [0.1, 0.15) is 63.0 Å². The summed E-state index contributed by atoms with van der Waals surface area (Å²) in [5, 5.41) is 10.8. The Kier molecular flexibility index (Phi) is 8.63. The maximum atomic E-state index is 5.18. The van der Waals surface area contributed by atoms with Crippen LogP contribution in [-0.2, 0) is 6.42 Å². The molecule has 0 bridgehead atoms. The van der Waals surface area contributed by atoms with Crippen molar-refractivity contribution in [2.24, 2.45) is 4.99 Å². The molecule has 126 valence electrons. The lowest BCUT2D eigenvalue weighted by molar-refractivity contribution is 0.392. The van der Waals surface area contributed by atoms with Gasteiger partial charge in [-0.3, -0.25) is 4.99 Å². The first-order valence-corrected chi connectivity index (χ1v) is 8.47. The van der Waals surface area contributed by atoms with E-state index in [1.807, 2.05) is 20.9 Å². The van der Waals surface area contributed by atoms with Crippen LogP contribution < -0.4 is 10.6 Å². The zero-order valence-electron chi connectivity index (χ0n) is 14.8. The summed E-state index contributed by atoms with van der Waals surface area (Å²) < 4.78 is 5.18. The van der Waals surface area contributed by atoms with Gasteiger partial charge in [-0.05, 0) is 33.6 Å². The zero-order chi connectivity index (χ0) is 16.4. The molecule has 5 nitrogen and oxygen atoms in total. The number of aliphatic imine (C=N–C) groups is 1.